The van der Waals surface area contributed by atoms with Gasteiger partial charge in [0.25, 0.3) is 0 Å². The lowest BCUT2D eigenvalue weighted by Gasteiger charge is -2.18. The Hall–Kier alpha value is 0.750. The third kappa shape index (κ3) is 2.91. The first kappa shape index (κ1) is 10.8. The van der Waals surface area contributed by atoms with Crippen molar-refractivity contribution >= 4 is 34.8 Å². The Balaban J connectivity index is 2.35. The zero-order chi connectivity index (χ0) is 9.19. The molecule has 2 atom stereocenters. The van der Waals surface area contributed by atoms with Crippen LogP contribution in [0.5, 0.6) is 0 Å². The van der Waals surface area contributed by atoms with E-state index in [1.807, 2.05) is 0 Å². The van der Waals surface area contributed by atoms with E-state index in [9.17, 15) is 0 Å². The van der Waals surface area contributed by atoms with Crippen molar-refractivity contribution in [2.24, 2.45) is 0 Å². The van der Waals surface area contributed by atoms with E-state index in [2.05, 4.69) is 0 Å². The van der Waals surface area contributed by atoms with Crippen LogP contribution in [0, 0.1) is 0 Å². The van der Waals surface area contributed by atoms with Crippen LogP contribution >= 0.6 is 34.8 Å². The molecule has 0 aromatic rings. The molecule has 1 saturated heterocycles. The molecule has 0 amide bonds. The molecule has 72 valence electrons. The van der Waals surface area contributed by atoms with Gasteiger partial charge in [-0.15, -0.1) is 0 Å². The second kappa shape index (κ2) is 4.31. The van der Waals surface area contributed by atoms with Crippen molar-refractivity contribution in [1.29, 1.82) is 0 Å². The van der Waals surface area contributed by atoms with E-state index in [1.54, 1.807) is 7.11 Å². The molecule has 1 aliphatic heterocycles. The number of halogens is 3. The standard InChI is InChI=1S/C6H9Cl3O3/c1-10-2-4-3-11-5(12-4)6(7,8)9/h4-5H,2-3H2,1H3. The third-order valence-electron chi connectivity index (χ3n) is 1.37. The highest BCUT2D eigenvalue weighted by molar-refractivity contribution is 6.67. The van der Waals surface area contributed by atoms with E-state index in [-0.39, 0.29) is 6.10 Å². The van der Waals surface area contributed by atoms with Crippen molar-refractivity contribution in [3.63, 3.8) is 0 Å². The molecule has 2 unspecified atom stereocenters. The van der Waals surface area contributed by atoms with Crippen LogP contribution in [0.1, 0.15) is 0 Å². The van der Waals surface area contributed by atoms with E-state index >= 15 is 0 Å². The summed E-state index contributed by atoms with van der Waals surface area (Å²) in [6.45, 7) is 0.837. The number of hydrogen-bond acceptors (Lipinski definition) is 3. The van der Waals surface area contributed by atoms with Gasteiger partial charge in [-0.25, -0.2) is 0 Å². The summed E-state index contributed by atoms with van der Waals surface area (Å²) >= 11 is 16.6. The van der Waals surface area contributed by atoms with Gasteiger partial charge in [0.1, 0.15) is 6.10 Å². The second-order valence-corrected chi connectivity index (χ2v) is 4.79. The molecule has 0 bridgehead atoms. The first-order valence-electron chi connectivity index (χ1n) is 3.36. The van der Waals surface area contributed by atoms with Crippen LogP contribution in [0.25, 0.3) is 0 Å². The van der Waals surface area contributed by atoms with Gasteiger partial charge in [0, 0.05) is 7.11 Å². The molecular weight excluding hydrogens is 226 g/mol. The zero-order valence-corrected chi connectivity index (χ0v) is 8.70. The fraction of sp³-hybridized carbons (Fsp3) is 1.00. The Morgan fingerprint density at radius 3 is 2.58 bits per heavy atom. The predicted molar refractivity (Wildman–Crippen MR) is 46.8 cm³/mol. The first-order chi connectivity index (χ1) is 5.54. The molecule has 0 aliphatic carbocycles. The Morgan fingerprint density at radius 1 is 1.50 bits per heavy atom. The lowest BCUT2D eigenvalue weighted by atomic mass is 10.4. The van der Waals surface area contributed by atoms with E-state index in [0.29, 0.717) is 13.2 Å². The highest BCUT2D eigenvalue weighted by atomic mass is 35.6. The maximum atomic E-state index is 5.54. The monoisotopic (exact) mass is 234 g/mol. The van der Waals surface area contributed by atoms with Crippen LogP contribution < -0.4 is 0 Å². The quantitative estimate of drug-likeness (QED) is 0.683. The van der Waals surface area contributed by atoms with Gasteiger partial charge < -0.3 is 14.2 Å². The normalized spacial score (nSPS) is 31.0. The maximum absolute atomic E-state index is 5.54. The number of rotatable bonds is 2. The summed E-state index contributed by atoms with van der Waals surface area (Å²) in [4.78, 5) is 0. The molecule has 0 aromatic heterocycles. The van der Waals surface area contributed by atoms with Gasteiger partial charge in [0.15, 0.2) is 0 Å². The van der Waals surface area contributed by atoms with Crippen LogP contribution in [-0.2, 0) is 14.2 Å². The SMILES string of the molecule is COCC1COC(C(Cl)(Cl)Cl)O1. The second-order valence-electron chi connectivity index (χ2n) is 2.42. The van der Waals surface area contributed by atoms with E-state index < -0.39 is 10.1 Å². The Bertz CT molecular complexity index is 147. The van der Waals surface area contributed by atoms with Gasteiger partial charge in [0.05, 0.1) is 13.2 Å². The zero-order valence-electron chi connectivity index (χ0n) is 6.43. The Morgan fingerprint density at radius 2 is 2.17 bits per heavy atom. The van der Waals surface area contributed by atoms with Crippen molar-refractivity contribution in [2.45, 2.75) is 16.2 Å². The molecule has 0 aromatic carbocycles. The molecule has 3 nitrogen and oxygen atoms in total. The van der Waals surface area contributed by atoms with Gasteiger partial charge in [-0.2, -0.15) is 0 Å². The van der Waals surface area contributed by atoms with E-state index in [4.69, 9.17) is 49.0 Å². The number of ether oxygens (including phenoxy) is 3. The minimum atomic E-state index is -1.53. The van der Waals surface area contributed by atoms with Crippen LogP contribution in [-0.4, -0.2) is 36.5 Å². The third-order valence-corrected chi connectivity index (χ3v) is 1.90. The van der Waals surface area contributed by atoms with E-state index in [1.165, 1.54) is 0 Å². The summed E-state index contributed by atoms with van der Waals surface area (Å²) in [5, 5.41) is 0. The van der Waals surface area contributed by atoms with Gasteiger partial charge in [0.2, 0.25) is 10.1 Å². The minimum absolute atomic E-state index is 0.143. The van der Waals surface area contributed by atoms with Gasteiger partial charge in [-0.1, -0.05) is 34.8 Å². The number of hydrogen-bond donors (Lipinski definition) is 0. The average Bonchev–Trinajstić information content (AvgIpc) is 2.35. The molecule has 1 fully saturated rings. The molecule has 0 saturated carbocycles. The minimum Gasteiger partial charge on any atom is -0.382 e. The highest BCUT2D eigenvalue weighted by Crippen LogP contribution is 2.36. The summed E-state index contributed by atoms with van der Waals surface area (Å²) in [5.74, 6) is 0. The molecule has 1 heterocycles. The first-order valence-corrected chi connectivity index (χ1v) is 4.50. The fourth-order valence-electron chi connectivity index (χ4n) is 0.893. The molecular formula is C6H9Cl3O3. The largest absolute Gasteiger partial charge is 0.382 e. The smallest absolute Gasteiger partial charge is 0.240 e. The van der Waals surface area contributed by atoms with Crippen LogP contribution in [0.2, 0.25) is 0 Å². The van der Waals surface area contributed by atoms with Crippen molar-refractivity contribution in [2.75, 3.05) is 20.3 Å². The van der Waals surface area contributed by atoms with Gasteiger partial charge in [-0.05, 0) is 0 Å². The summed E-state index contributed by atoms with van der Waals surface area (Å²) in [6.07, 6.45) is -0.932. The summed E-state index contributed by atoms with van der Waals surface area (Å²) in [6, 6.07) is 0. The Kier molecular flexibility index (Phi) is 3.89. The molecule has 0 radical (unpaired) electrons. The topological polar surface area (TPSA) is 27.7 Å². The molecule has 0 N–H and O–H groups in total. The van der Waals surface area contributed by atoms with Crippen molar-refractivity contribution in [1.82, 2.24) is 0 Å². The van der Waals surface area contributed by atoms with Crippen molar-refractivity contribution < 1.29 is 14.2 Å². The van der Waals surface area contributed by atoms with Gasteiger partial charge >= 0.3 is 0 Å². The highest BCUT2D eigenvalue weighted by Gasteiger charge is 2.41. The van der Waals surface area contributed by atoms with E-state index in [0.717, 1.165) is 0 Å². The predicted octanol–water partition coefficient (Wildman–Crippen LogP) is 1.74. The van der Waals surface area contributed by atoms with Crippen molar-refractivity contribution in [3.05, 3.63) is 0 Å². The van der Waals surface area contributed by atoms with Crippen LogP contribution in [0.3, 0.4) is 0 Å². The lowest BCUT2D eigenvalue weighted by Crippen LogP contribution is -2.27. The summed E-state index contributed by atoms with van der Waals surface area (Å²) in [7, 11) is 1.58. The summed E-state index contributed by atoms with van der Waals surface area (Å²) in [5.41, 5.74) is 0. The maximum Gasteiger partial charge on any atom is 0.240 e. The molecule has 1 rings (SSSR count). The molecule has 12 heavy (non-hydrogen) atoms. The van der Waals surface area contributed by atoms with Crippen LogP contribution in [0.15, 0.2) is 0 Å². The molecule has 1 aliphatic rings. The van der Waals surface area contributed by atoms with Crippen LogP contribution in [0.4, 0.5) is 0 Å². The number of alkyl halides is 3. The fourth-order valence-corrected chi connectivity index (χ4v) is 1.24. The Labute approximate surface area is 85.8 Å². The lowest BCUT2D eigenvalue weighted by molar-refractivity contribution is -0.0641. The molecule has 6 heteroatoms. The molecule has 0 spiro atoms. The van der Waals surface area contributed by atoms with Crippen molar-refractivity contribution in [3.8, 4) is 0 Å². The summed E-state index contributed by atoms with van der Waals surface area (Å²) < 4.78 is 13.6. The number of methoxy groups -OCH3 is 1. The average molecular weight is 235 g/mol. The van der Waals surface area contributed by atoms with Gasteiger partial charge in [-0.3, -0.25) is 0 Å².